The summed E-state index contributed by atoms with van der Waals surface area (Å²) in [5.41, 5.74) is 1.94. The molecule has 1 aliphatic heterocycles. The standard InChI is InChI=1S/C30H34F6N6/c1-40-38-28(37-39-40)42(18-20-12-23(29(31,32)33)16-24(13-20)30(34,35)36)26-10-5-11-41(17-19-6-2-3-7-19)27-15-22-9-4-8-21(22)14-25(26)27/h12-16,19,26H,2-11,17-18H2,1H3. The van der Waals surface area contributed by atoms with Gasteiger partial charge in [-0.05, 0) is 103 Å². The SMILES string of the molecule is Cn1nnc(N(Cc2cc(C(F)(F)F)cc(C(F)(F)F)c2)C2CCCN(CC3CCCC3)c3cc4c(cc32)CCC4)n1. The minimum absolute atomic E-state index is 0.112. The number of tetrazole rings is 1. The Hall–Kier alpha value is -3.31. The van der Waals surface area contributed by atoms with Crippen LogP contribution in [0.4, 0.5) is 38.0 Å². The molecule has 3 aromatic rings. The van der Waals surface area contributed by atoms with Crippen molar-refractivity contribution in [1.82, 2.24) is 20.2 Å². The molecule has 6 nitrogen and oxygen atoms in total. The predicted octanol–water partition coefficient (Wildman–Crippen LogP) is 7.27. The molecule has 1 unspecified atom stereocenters. The van der Waals surface area contributed by atoms with Crippen LogP contribution in [0.1, 0.15) is 84.4 Å². The van der Waals surface area contributed by atoms with Crippen molar-refractivity contribution in [2.24, 2.45) is 13.0 Å². The van der Waals surface area contributed by atoms with Crippen LogP contribution < -0.4 is 9.80 Å². The second-order valence-electron chi connectivity index (χ2n) is 11.9. The lowest BCUT2D eigenvalue weighted by molar-refractivity contribution is -0.143. The van der Waals surface area contributed by atoms with Crippen molar-refractivity contribution in [2.75, 3.05) is 22.9 Å². The van der Waals surface area contributed by atoms with Crippen LogP contribution in [-0.2, 0) is 38.8 Å². The number of hydrogen-bond donors (Lipinski definition) is 0. The summed E-state index contributed by atoms with van der Waals surface area (Å²) >= 11 is 0. The van der Waals surface area contributed by atoms with Crippen molar-refractivity contribution in [3.8, 4) is 0 Å². The van der Waals surface area contributed by atoms with E-state index in [1.807, 2.05) is 0 Å². The van der Waals surface area contributed by atoms with Crippen molar-refractivity contribution in [3.05, 3.63) is 63.7 Å². The van der Waals surface area contributed by atoms with Crippen molar-refractivity contribution in [3.63, 3.8) is 0 Å². The number of aryl methyl sites for hydroxylation is 3. The van der Waals surface area contributed by atoms with Gasteiger partial charge in [-0.1, -0.05) is 24.0 Å². The maximum atomic E-state index is 13.7. The number of aromatic nitrogens is 4. The van der Waals surface area contributed by atoms with Crippen LogP contribution in [0.15, 0.2) is 30.3 Å². The molecule has 0 spiro atoms. The summed E-state index contributed by atoms with van der Waals surface area (Å²) in [6, 6.07) is 5.90. The van der Waals surface area contributed by atoms with Crippen LogP contribution >= 0.6 is 0 Å². The van der Waals surface area contributed by atoms with Crippen LogP contribution in [0.3, 0.4) is 0 Å². The smallest absolute Gasteiger partial charge is 0.371 e. The molecule has 2 aromatic carbocycles. The Bertz CT molecular complexity index is 1390. The Balaban J connectivity index is 1.44. The first kappa shape index (κ1) is 28.8. The predicted molar refractivity (Wildman–Crippen MR) is 146 cm³/mol. The Morgan fingerprint density at radius 2 is 1.50 bits per heavy atom. The Labute approximate surface area is 240 Å². The zero-order chi connectivity index (χ0) is 29.6. The number of benzene rings is 2. The monoisotopic (exact) mass is 592 g/mol. The molecule has 0 amide bonds. The zero-order valence-corrected chi connectivity index (χ0v) is 23.5. The molecule has 0 bridgehead atoms. The number of anilines is 2. The topological polar surface area (TPSA) is 50.1 Å². The van der Waals surface area contributed by atoms with Crippen LogP contribution in [-0.4, -0.2) is 33.3 Å². The van der Waals surface area contributed by atoms with E-state index in [1.54, 1.807) is 11.9 Å². The number of halogens is 6. The molecule has 226 valence electrons. The molecule has 1 atom stereocenters. The van der Waals surface area contributed by atoms with Gasteiger partial charge >= 0.3 is 12.4 Å². The highest BCUT2D eigenvalue weighted by atomic mass is 19.4. The third-order valence-corrected chi connectivity index (χ3v) is 8.93. The normalized spacial score (nSPS) is 19.6. The van der Waals surface area contributed by atoms with E-state index in [4.69, 9.17) is 0 Å². The fourth-order valence-electron chi connectivity index (χ4n) is 6.96. The van der Waals surface area contributed by atoms with Gasteiger partial charge in [0, 0.05) is 25.3 Å². The summed E-state index contributed by atoms with van der Waals surface area (Å²) < 4.78 is 82.3. The third-order valence-electron chi connectivity index (χ3n) is 8.93. The molecule has 0 saturated heterocycles. The van der Waals surface area contributed by atoms with Crippen molar-refractivity contribution < 1.29 is 26.3 Å². The van der Waals surface area contributed by atoms with Crippen LogP contribution in [0.5, 0.6) is 0 Å². The molecule has 3 aliphatic rings. The maximum absolute atomic E-state index is 13.7. The number of hydrogen-bond acceptors (Lipinski definition) is 5. The lowest BCUT2D eigenvalue weighted by atomic mass is 9.94. The van der Waals surface area contributed by atoms with E-state index >= 15 is 0 Å². The molecule has 0 N–H and O–H groups in total. The molecular formula is C30H34F6N6. The summed E-state index contributed by atoms with van der Waals surface area (Å²) in [5, 5.41) is 12.5. The average molecular weight is 593 g/mol. The largest absolute Gasteiger partial charge is 0.416 e. The lowest BCUT2D eigenvalue weighted by Gasteiger charge is -2.33. The number of fused-ring (bicyclic) bond motifs is 2. The molecule has 12 heteroatoms. The fraction of sp³-hybridized carbons (Fsp3) is 0.567. The minimum Gasteiger partial charge on any atom is -0.371 e. The molecule has 2 heterocycles. The van der Waals surface area contributed by atoms with Gasteiger partial charge in [-0.3, -0.25) is 0 Å². The molecule has 1 saturated carbocycles. The number of rotatable bonds is 6. The van der Waals surface area contributed by atoms with Crippen LogP contribution in [0.25, 0.3) is 0 Å². The Morgan fingerprint density at radius 1 is 0.833 bits per heavy atom. The molecule has 1 aromatic heterocycles. The van der Waals surface area contributed by atoms with Crippen molar-refractivity contribution in [2.45, 2.75) is 82.7 Å². The highest BCUT2D eigenvalue weighted by molar-refractivity contribution is 5.62. The van der Waals surface area contributed by atoms with Crippen molar-refractivity contribution >= 4 is 11.6 Å². The van der Waals surface area contributed by atoms with E-state index in [0.717, 1.165) is 62.2 Å². The van der Waals surface area contributed by atoms with E-state index in [0.29, 0.717) is 12.3 Å². The van der Waals surface area contributed by atoms with Gasteiger partial charge in [0.05, 0.1) is 24.2 Å². The third kappa shape index (κ3) is 5.94. The molecular weight excluding hydrogens is 558 g/mol. The Kier molecular flexibility index (Phi) is 7.59. The van der Waals surface area contributed by atoms with Gasteiger partial charge in [0.15, 0.2) is 0 Å². The average Bonchev–Trinajstić information content (AvgIpc) is 3.68. The molecule has 6 rings (SSSR count). The first-order valence-electron chi connectivity index (χ1n) is 14.7. The van der Waals surface area contributed by atoms with E-state index in [2.05, 4.69) is 32.4 Å². The highest BCUT2D eigenvalue weighted by Gasteiger charge is 2.38. The van der Waals surface area contributed by atoms with Crippen LogP contribution in [0, 0.1) is 5.92 Å². The summed E-state index contributed by atoms with van der Waals surface area (Å²) in [4.78, 5) is 5.45. The number of nitrogens with zero attached hydrogens (tertiary/aromatic N) is 6. The van der Waals surface area contributed by atoms with Gasteiger partial charge in [-0.15, -0.1) is 5.10 Å². The van der Waals surface area contributed by atoms with E-state index in [-0.39, 0.29) is 30.2 Å². The fourth-order valence-corrected chi connectivity index (χ4v) is 6.96. The first-order valence-corrected chi connectivity index (χ1v) is 14.7. The van der Waals surface area contributed by atoms with Crippen molar-refractivity contribution in [1.29, 1.82) is 0 Å². The van der Waals surface area contributed by atoms with Gasteiger partial charge in [-0.2, -0.15) is 31.1 Å². The summed E-state index contributed by atoms with van der Waals surface area (Å²) in [6.45, 7) is 1.55. The van der Waals surface area contributed by atoms with E-state index in [9.17, 15) is 26.3 Å². The van der Waals surface area contributed by atoms with E-state index < -0.39 is 23.5 Å². The summed E-state index contributed by atoms with van der Waals surface area (Å²) in [6.07, 6.45) is -0.508. The van der Waals surface area contributed by atoms with Gasteiger partial charge in [0.25, 0.3) is 5.95 Å². The number of alkyl halides is 6. The minimum atomic E-state index is -4.93. The van der Waals surface area contributed by atoms with Gasteiger partial charge < -0.3 is 9.80 Å². The van der Waals surface area contributed by atoms with Gasteiger partial charge in [-0.25, -0.2) is 0 Å². The first-order chi connectivity index (χ1) is 20.0. The second kappa shape index (κ2) is 11.1. The maximum Gasteiger partial charge on any atom is 0.416 e. The molecule has 1 fully saturated rings. The van der Waals surface area contributed by atoms with Gasteiger partial charge in [0.2, 0.25) is 0 Å². The van der Waals surface area contributed by atoms with Crippen LogP contribution in [0.2, 0.25) is 0 Å². The summed E-state index contributed by atoms with van der Waals surface area (Å²) in [5.74, 6) is 0.787. The Morgan fingerprint density at radius 3 is 2.12 bits per heavy atom. The second-order valence-corrected chi connectivity index (χ2v) is 11.9. The quantitative estimate of drug-likeness (QED) is 0.282. The zero-order valence-electron chi connectivity index (χ0n) is 23.5. The lowest BCUT2D eigenvalue weighted by Crippen LogP contribution is -2.31. The molecule has 42 heavy (non-hydrogen) atoms. The molecule has 2 aliphatic carbocycles. The van der Waals surface area contributed by atoms with E-state index in [1.165, 1.54) is 41.6 Å². The summed E-state index contributed by atoms with van der Waals surface area (Å²) in [7, 11) is 1.58. The van der Waals surface area contributed by atoms with Gasteiger partial charge in [0.1, 0.15) is 0 Å². The molecule has 0 radical (unpaired) electrons. The highest BCUT2D eigenvalue weighted by Crippen LogP contribution is 2.43.